The predicted molar refractivity (Wildman–Crippen MR) is 62.9 cm³/mol. The highest BCUT2D eigenvalue weighted by Gasteiger charge is 2.06. The maximum absolute atomic E-state index is 11.4. The lowest BCUT2D eigenvalue weighted by Crippen LogP contribution is -2.05. The maximum Gasteiger partial charge on any atom is 0.338 e. The molecule has 0 heterocycles. The van der Waals surface area contributed by atoms with Gasteiger partial charge in [0.15, 0.2) is 0 Å². The third-order valence-electron chi connectivity index (χ3n) is 1.76. The lowest BCUT2D eigenvalue weighted by molar-refractivity contribution is -0.134. The molecule has 5 nitrogen and oxygen atoms in total. The van der Waals surface area contributed by atoms with E-state index in [9.17, 15) is 9.59 Å². The van der Waals surface area contributed by atoms with Crippen LogP contribution in [-0.2, 0) is 14.3 Å². The van der Waals surface area contributed by atoms with E-state index in [2.05, 4.69) is 4.74 Å². The van der Waals surface area contributed by atoms with Crippen molar-refractivity contribution in [2.24, 2.45) is 0 Å². The molecule has 0 bridgehead atoms. The molecule has 0 atom stereocenters. The fourth-order valence-corrected chi connectivity index (χ4v) is 1.24. The zero-order valence-corrected chi connectivity index (χ0v) is 10.1. The third kappa shape index (κ3) is 4.78. The first kappa shape index (κ1) is 13.4. The Labute approximate surface area is 103 Å². The van der Waals surface area contributed by atoms with Gasteiger partial charge in [0.1, 0.15) is 11.7 Å². The Balaban J connectivity index is 2.49. The van der Waals surface area contributed by atoms with Crippen molar-refractivity contribution in [2.45, 2.75) is 0 Å². The zero-order valence-electron chi connectivity index (χ0n) is 9.25. The van der Waals surface area contributed by atoms with Crippen LogP contribution in [0.15, 0.2) is 24.3 Å². The summed E-state index contributed by atoms with van der Waals surface area (Å²) in [5.74, 6) is 0.452. The van der Waals surface area contributed by atoms with Crippen molar-refractivity contribution in [1.82, 2.24) is 0 Å². The van der Waals surface area contributed by atoms with Crippen molar-refractivity contribution in [2.75, 3.05) is 19.0 Å². The largest absolute Gasteiger partial charge is 0.457 e. The number of hydrogen-bond donors (Lipinski definition) is 0. The monoisotopic (exact) mass is 256 g/mol. The summed E-state index contributed by atoms with van der Waals surface area (Å²) >= 11 is 1.42. The van der Waals surface area contributed by atoms with Crippen LogP contribution < -0.4 is 4.74 Å². The van der Waals surface area contributed by atoms with Crippen LogP contribution in [0.2, 0.25) is 0 Å². The summed E-state index contributed by atoms with van der Waals surface area (Å²) in [4.78, 5) is 21.3. The molecule has 0 fully saturated rings. The molecule has 0 N–H and O–H groups in total. The highest BCUT2D eigenvalue weighted by atomic mass is 32.2. The molecule has 0 saturated carbocycles. The van der Waals surface area contributed by atoms with E-state index in [4.69, 9.17) is 9.47 Å². The fourth-order valence-electron chi connectivity index (χ4n) is 1.01. The van der Waals surface area contributed by atoms with E-state index in [1.54, 1.807) is 24.3 Å². The normalized spacial score (nSPS) is 9.47. The van der Waals surface area contributed by atoms with Crippen molar-refractivity contribution in [3.05, 3.63) is 29.8 Å². The summed E-state index contributed by atoms with van der Waals surface area (Å²) in [5, 5.41) is 0. The first-order valence-corrected chi connectivity index (χ1v) is 6.11. The summed E-state index contributed by atoms with van der Waals surface area (Å²) in [7, 11) is 0. The van der Waals surface area contributed by atoms with Gasteiger partial charge in [0.25, 0.3) is 6.47 Å². The van der Waals surface area contributed by atoms with Gasteiger partial charge in [-0.1, -0.05) is 0 Å². The SMILES string of the molecule is CSCOC(=O)c1ccc(OCOC=O)cc1. The van der Waals surface area contributed by atoms with Crippen LogP contribution in [0.3, 0.4) is 0 Å². The van der Waals surface area contributed by atoms with E-state index in [1.165, 1.54) is 11.8 Å². The molecular formula is C11H12O5S. The molecule has 0 unspecified atom stereocenters. The average Bonchev–Trinajstić information content (AvgIpc) is 2.37. The van der Waals surface area contributed by atoms with Gasteiger partial charge in [-0.25, -0.2) is 4.79 Å². The number of carbonyl (C=O) groups excluding carboxylic acids is 2. The fraction of sp³-hybridized carbons (Fsp3) is 0.273. The van der Waals surface area contributed by atoms with Crippen LogP contribution in [0.4, 0.5) is 0 Å². The van der Waals surface area contributed by atoms with Gasteiger partial charge in [0.05, 0.1) is 5.56 Å². The summed E-state index contributed by atoms with van der Waals surface area (Å²) < 4.78 is 14.4. The van der Waals surface area contributed by atoms with Gasteiger partial charge in [-0.2, -0.15) is 0 Å². The number of thioether (sulfide) groups is 1. The van der Waals surface area contributed by atoms with Gasteiger partial charge in [-0.05, 0) is 30.5 Å². The van der Waals surface area contributed by atoms with Crippen molar-refractivity contribution < 1.29 is 23.8 Å². The predicted octanol–water partition coefficient (Wildman–Crippen LogP) is 1.67. The molecule has 6 heteroatoms. The molecule has 92 valence electrons. The van der Waals surface area contributed by atoms with Crippen LogP contribution in [0.25, 0.3) is 0 Å². The zero-order chi connectivity index (χ0) is 12.5. The van der Waals surface area contributed by atoms with E-state index in [0.29, 0.717) is 23.7 Å². The Bertz CT molecular complexity index is 363. The van der Waals surface area contributed by atoms with Crippen molar-refractivity contribution >= 4 is 24.2 Å². The Morgan fingerprint density at radius 3 is 2.65 bits per heavy atom. The second-order valence-electron chi connectivity index (χ2n) is 2.89. The second kappa shape index (κ2) is 7.56. The molecule has 0 radical (unpaired) electrons. The van der Waals surface area contributed by atoms with Gasteiger partial charge < -0.3 is 14.2 Å². The molecule has 0 aromatic heterocycles. The Hall–Kier alpha value is -1.69. The number of benzene rings is 1. The molecule has 17 heavy (non-hydrogen) atoms. The van der Waals surface area contributed by atoms with Gasteiger partial charge >= 0.3 is 5.97 Å². The number of ether oxygens (including phenoxy) is 3. The first-order valence-electron chi connectivity index (χ1n) is 4.72. The molecule has 0 spiro atoms. The number of rotatable bonds is 7. The number of hydrogen-bond acceptors (Lipinski definition) is 6. The van der Waals surface area contributed by atoms with Crippen LogP contribution in [0, 0.1) is 0 Å². The molecule has 1 aromatic carbocycles. The molecular weight excluding hydrogens is 244 g/mol. The average molecular weight is 256 g/mol. The third-order valence-corrected chi connectivity index (χ3v) is 2.11. The second-order valence-corrected chi connectivity index (χ2v) is 3.70. The van der Waals surface area contributed by atoms with E-state index >= 15 is 0 Å². The van der Waals surface area contributed by atoms with Crippen LogP contribution in [0.5, 0.6) is 5.75 Å². The quantitative estimate of drug-likeness (QED) is 0.320. The van der Waals surface area contributed by atoms with Crippen LogP contribution in [0.1, 0.15) is 10.4 Å². The highest BCUT2D eigenvalue weighted by molar-refractivity contribution is 7.98. The molecule has 0 saturated heterocycles. The van der Waals surface area contributed by atoms with E-state index < -0.39 is 0 Å². The minimum absolute atomic E-state index is 0.153. The van der Waals surface area contributed by atoms with Crippen molar-refractivity contribution in [1.29, 1.82) is 0 Å². The molecule has 0 aliphatic heterocycles. The lowest BCUT2D eigenvalue weighted by atomic mass is 10.2. The molecule has 0 aliphatic rings. The van der Waals surface area contributed by atoms with E-state index in [0.717, 1.165) is 0 Å². The van der Waals surface area contributed by atoms with Gasteiger partial charge in [-0.3, -0.25) is 4.79 Å². The summed E-state index contributed by atoms with van der Waals surface area (Å²) in [5.41, 5.74) is 0.447. The van der Waals surface area contributed by atoms with Gasteiger partial charge in [-0.15, -0.1) is 11.8 Å². The Morgan fingerprint density at radius 1 is 1.35 bits per heavy atom. The molecule has 0 aliphatic carbocycles. The number of esters is 1. The summed E-state index contributed by atoms with van der Waals surface area (Å²) in [6.45, 7) is 0.147. The number of carbonyl (C=O) groups is 2. The molecule has 1 aromatic rings. The topological polar surface area (TPSA) is 61.8 Å². The van der Waals surface area contributed by atoms with E-state index in [1.807, 2.05) is 6.26 Å². The lowest BCUT2D eigenvalue weighted by Gasteiger charge is -2.05. The van der Waals surface area contributed by atoms with Gasteiger partial charge in [0, 0.05) is 0 Å². The minimum atomic E-state index is -0.380. The summed E-state index contributed by atoms with van der Waals surface area (Å²) in [6.07, 6.45) is 1.84. The first-order chi connectivity index (χ1) is 8.27. The Kier molecular flexibility index (Phi) is 5.95. The minimum Gasteiger partial charge on any atom is -0.457 e. The van der Waals surface area contributed by atoms with Crippen molar-refractivity contribution in [3.63, 3.8) is 0 Å². The summed E-state index contributed by atoms with van der Waals surface area (Å²) in [6, 6.07) is 6.37. The standard InChI is InChI=1S/C11H12O5S/c1-17-8-16-11(13)9-2-4-10(5-3-9)15-7-14-6-12/h2-6H,7-8H2,1H3. The van der Waals surface area contributed by atoms with Crippen LogP contribution in [-0.4, -0.2) is 31.4 Å². The maximum atomic E-state index is 11.4. The molecule has 1 rings (SSSR count). The molecule has 0 amide bonds. The van der Waals surface area contributed by atoms with Crippen molar-refractivity contribution in [3.8, 4) is 5.75 Å². The highest BCUT2D eigenvalue weighted by Crippen LogP contribution is 2.13. The van der Waals surface area contributed by atoms with Gasteiger partial charge in [0.2, 0.25) is 6.79 Å². The smallest absolute Gasteiger partial charge is 0.338 e. The Morgan fingerprint density at radius 2 is 2.06 bits per heavy atom. The van der Waals surface area contributed by atoms with Crippen LogP contribution >= 0.6 is 11.8 Å². The van der Waals surface area contributed by atoms with E-state index in [-0.39, 0.29) is 12.8 Å².